The third-order valence-electron chi connectivity index (χ3n) is 3.62. The van der Waals surface area contributed by atoms with Crippen LogP contribution in [0.5, 0.6) is 0 Å². The van der Waals surface area contributed by atoms with Gasteiger partial charge in [-0.15, -0.1) is 11.8 Å². The van der Waals surface area contributed by atoms with Gasteiger partial charge in [-0.05, 0) is 56.6 Å². The Balaban J connectivity index is 2.06. The minimum atomic E-state index is -0.391. The molecule has 4 nitrogen and oxygen atoms in total. The normalized spacial score (nSPS) is 11.2. The number of carbonyl (C=O) groups is 1. The summed E-state index contributed by atoms with van der Waals surface area (Å²) in [7, 11) is 4.11. The van der Waals surface area contributed by atoms with Gasteiger partial charge < -0.3 is 10.2 Å². The fraction of sp³-hybridized carbons (Fsp3) is 0.238. The van der Waals surface area contributed by atoms with E-state index in [1.54, 1.807) is 17.8 Å². The number of amides is 1. The van der Waals surface area contributed by atoms with Crippen LogP contribution in [0.15, 0.2) is 65.1 Å². The summed E-state index contributed by atoms with van der Waals surface area (Å²) in [5.74, 6) is 0.577. The Kier molecular flexibility index (Phi) is 7.94. The highest BCUT2D eigenvalue weighted by atomic mass is 32.2. The van der Waals surface area contributed by atoms with Crippen molar-refractivity contribution in [3.05, 3.63) is 65.7 Å². The number of hydrogen-bond donors (Lipinski definition) is 1. The first-order valence-corrected chi connectivity index (χ1v) is 9.43. The largest absolute Gasteiger partial charge is 0.320 e. The molecule has 0 saturated carbocycles. The molecule has 0 bridgehead atoms. The van der Waals surface area contributed by atoms with Gasteiger partial charge in [-0.2, -0.15) is 5.26 Å². The van der Waals surface area contributed by atoms with Crippen molar-refractivity contribution in [2.24, 2.45) is 0 Å². The Bertz CT molecular complexity index is 794. The summed E-state index contributed by atoms with van der Waals surface area (Å²) in [6.45, 7) is 1.03. The summed E-state index contributed by atoms with van der Waals surface area (Å²) >= 11 is 1.71. The molecule has 2 aromatic carbocycles. The predicted octanol–water partition coefficient (Wildman–Crippen LogP) is 4.28. The number of rotatable bonds is 8. The summed E-state index contributed by atoms with van der Waals surface area (Å²) in [6, 6.07) is 19.0. The van der Waals surface area contributed by atoms with Crippen molar-refractivity contribution in [1.29, 1.82) is 5.26 Å². The number of anilines is 1. The second kappa shape index (κ2) is 10.4. The predicted molar refractivity (Wildman–Crippen MR) is 109 cm³/mol. The second-order valence-electron chi connectivity index (χ2n) is 6.04. The van der Waals surface area contributed by atoms with Gasteiger partial charge in [-0.3, -0.25) is 4.79 Å². The number of nitriles is 1. The maximum atomic E-state index is 12.5. The third-order valence-corrected chi connectivity index (χ3v) is 4.78. The first-order valence-electron chi connectivity index (χ1n) is 8.45. The highest BCUT2D eigenvalue weighted by molar-refractivity contribution is 7.99. The molecule has 0 heterocycles. The van der Waals surface area contributed by atoms with Crippen LogP contribution in [0, 0.1) is 11.3 Å². The first-order chi connectivity index (χ1) is 12.6. The van der Waals surface area contributed by atoms with Crippen molar-refractivity contribution in [2.45, 2.75) is 11.3 Å². The fourth-order valence-corrected chi connectivity index (χ4v) is 3.26. The Morgan fingerprint density at radius 2 is 1.85 bits per heavy atom. The van der Waals surface area contributed by atoms with E-state index in [0.29, 0.717) is 0 Å². The molecule has 1 amide bonds. The van der Waals surface area contributed by atoms with Gasteiger partial charge in [0, 0.05) is 4.90 Å². The van der Waals surface area contributed by atoms with Crippen molar-refractivity contribution < 1.29 is 4.79 Å². The highest BCUT2D eigenvalue weighted by Crippen LogP contribution is 2.28. The lowest BCUT2D eigenvalue weighted by Gasteiger charge is -2.12. The molecule has 0 aliphatic rings. The Morgan fingerprint density at radius 1 is 1.15 bits per heavy atom. The molecule has 0 spiro atoms. The lowest BCUT2D eigenvalue weighted by Crippen LogP contribution is -2.14. The molecule has 134 valence electrons. The smallest absolute Gasteiger partial charge is 0.266 e. The molecule has 2 rings (SSSR count). The van der Waals surface area contributed by atoms with Gasteiger partial charge in [0.05, 0.1) is 5.69 Å². The second-order valence-corrected chi connectivity index (χ2v) is 7.17. The Morgan fingerprint density at radius 3 is 2.54 bits per heavy atom. The number of para-hydroxylation sites is 1. The maximum Gasteiger partial charge on any atom is 0.266 e. The van der Waals surface area contributed by atoms with Crippen LogP contribution >= 0.6 is 11.8 Å². The summed E-state index contributed by atoms with van der Waals surface area (Å²) in [4.78, 5) is 15.7. The van der Waals surface area contributed by atoms with Gasteiger partial charge >= 0.3 is 0 Å². The zero-order valence-electron chi connectivity index (χ0n) is 15.1. The number of benzene rings is 2. The minimum absolute atomic E-state index is 0.0867. The number of hydrogen-bond acceptors (Lipinski definition) is 4. The van der Waals surface area contributed by atoms with Crippen LogP contribution < -0.4 is 5.32 Å². The molecular weight excluding hydrogens is 342 g/mol. The molecule has 0 aromatic heterocycles. The molecule has 0 fully saturated rings. The molecule has 0 aliphatic heterocycles. The molecule has 1 N–H and O–H groups in total. The lowest BCUT2D eigenvalue weighted by atomic mass is 10.1. The van der Waals surface area contributed by atoms with E-state index in [0.717, 1.165) is 34.9 Å². The van der Waals surface area contributed by atoms with Gasteiger partial charge in [-0.1, -0.05) is 42.5 Å². The molecule has 5 heteroatoms. The summed E-state index contributed by atoms with van der Waals surface area (Å²) in [5, 5.41) is 12.2. The first kappa shape index (κ1) is 19.8. The van der Waals surface area contributed by atoms with Gasteiger partial charge in [0.25, 0.3) is 5.91 Å². The highest BCUT2D eigenvalue weighted by Gasteiger charge is 2.12. The van der Waals surface area contributed by atoms with E-state index in [4.69, 9.17) is 0 Å². The van der Waals surface area contributed by atoms with Crippen LogP contribution in [0.3, 0.4) is 0 Å². The van der Waals surface area contributed by atoms with Crippen molar-refractivity contribution in [3.8, 4) is 6.07 Å². The van der Waals surface area contributed by atoms with Crippen LogP contribution in [0.1, 0.15) is 12.0 Å². The van der Waals surface area contributed by atoms with E-state index in [-0.39, 0.29) is 5.57 Å². The molecule has 26 heavy (non-hydrogen) atoms. The minimum Gasteiger partial charge on any atom is -0.320 e. The lowest BCUT2D eigenvalue weighted by molar-refractivity contribution is -0.112. The van der Waals surface area contributed by atoms with E-state index in [2.05, 4.69) is 24.3 Å². The molecular formula is C21H23N3OS. The van der Waals surface area contributed by atoms with E-state index in [9.17, 15) is 10.1 Å². The number of nitrogens with zero attached hydrogens (tertiary/aromatic N) is 2. The van der Waals surface area contributed by atoms with Crippen molar-refractivity contribution in [1.82, 2.24) is 4.90 Å². The number of thioether (sulfide) groups is 1. The van der Waals surface area contributed by atoms with Gasteiger partial charge in [-0.25, -0.2) is 0 Å². The monoisotopic (exact) mass is 365 g/mol. The topological polar surface area (TPSA) is 56.1 Å². The fourth-order valence-electron chi connectivity index (χ4n) is 2.31. The summed E-state index contributed by atoms with van der Waals surface area (Å²) in [6.07, 6.45) is 2.67. The van der Waals surface area contributed by atoms with Gasteiger partial charge in [0.2, 0.25) is 0 Å². The van der Waals surface area contributed by atoms with Crippen LogP contribution in [-0.2, 0) is 4.79 Å². The van der Waals surface area contributed by atoms with Crippen molar-refractivity contribution in [2.75, 3.05) is 31.7 Å². The number of carbonyl (C=O) groups excluding carboxylic acids is 1. The van der Waals surface area contributed by atoms with Crippen LogP contribution in [0.25, 0.3) is 6.08 Å². The molecule has 0 unspecified atom stereocenters. The van der Waals surface area contributed by atoms with E-state index >= 15 is 0 Å². The molecule has 2 aromatic rings. The van der Waals surface area contributed by atoms with E-state index < -0.39 is 5.91 Å². The zero-order chi connectivity index (χ0) is 18.8. The van der Waals surface area contributed by atoms with E-state index in [1.165, 1.54) is 0 Å². The Hall–Kier alpha value is -2.55. The maximum absolute atomic E-state index is 12.5. The van der Waals surface area contributed by atoms with Crippen LogP contribution in [0.4, 0.5) is 5.69 Å². The van der Waals surface area contributed by atoms with Gasteiger partial charge in [0.1, 0.15) is 11.6 Å². The molecule has 0 atom stereocenters. The van der Waals surface area contributed by atoms with Gasteiger partial charge in [0.15, 0.2) is 0 Å². The van der Waals surface area contributed by atoms with Crippen molar-refractivity contribution in [3.63, 3.8) is 0 Å². The number of nitrogens with one attached hydrogen (secondary N) is 1. The van der Waals surface area contributed by atoms with E-state index in [1.807, 2.05) is 60.7 Å². The van der Waals surface area contributed by atoms with Crippen molar-refractivity contribution >= 4 is 29.4 Å². The molecule has 0 aliphatic carbocycles. The average Bonchev–Trinajstić information content (AvgIpc) is 2.65. The SMILES string of the molecule is CN(C)CCCSc1ccccc1NC(=O)/C(C#N)=C\c1ccccc1. The summed E-state index contributed by atoms with van der Waals surface area (Å²) in [5.41, 5.74) is 1.65. The van der Waals surface area contributed by atoms with Crippen LogP contribution in [-0.4, -0.2) is 37.2 Å². The van der Waals surface area contributed by atoms with Crippen LogP contribution in [0.2, 0.25) is 0 Å². The molecule has 0 saturated heterocycles. The zero-order valence-corrected chi connectivity index (χ0v) is 15.9. The Labute approximate surface area is 159 Å². The standard InChI is InChI=1S/C21H23N3OS/c1-24(2)13-8-14-26-20-12-7-6-11-19(20)23-21(25)18(16-22)15-17-9-4-3-5-10-17/h3-7,9-12,15H,8,13-14H2,1-2H3,(H,23,25)/b18-15-. The average molecular weight is 366 g/mol. The third kappa shape index (κ3) is 6.40. The quantitative estimate of drug-likeness (QED) is 0.328. The summed E-state index contributed by atoms with van der Waals surface area (Å²) < 4.78 is 0. The molecule has 0 radical (unpaired) electrons.